The molecule has 0 radical (unpaired) electrons. The summed E-state index contributed by atoms with van der Waals surface area (Å²) in [5.74, 6) is 2.65. The molecule has 0 saturated heterocycles. The number of hydrogen-bond acceptors (Lipinski definition) is 6. The van der Waals surface area contributed by atoms with Gasteiger partial charge >= 0.3 is 0 Å². The molecule has 3 unspecified atom stereocenters. The van der Waals surface area contributed by atoms with Crippen LogP contribution in [0.3, 0.4) is 0 Å². The van der Waals surface area contributed by atoms with E-state index in [1.54, 1.807) is 0 Å². The lowest BCUT2D eigenvalue weighted by molar-refractivity contribution is 0.347. The van der Waals surface area contributed by atoms with Crippen LogP contribution in [0.15, 0.2) is 54.6 Å². The summed E-state index contributed by atoms with van der Waals surface area (Å²) in [6, 6.07) is 18.2. The molecule has 0 saturated carbocycles. The SMILES string of the molecule is CC(C)(C)CCC(c1ccc(O)c(C(C)(C)C)c1)c1nc(C(CCC(C)(C)C)c2ccc(O)c(C(C)(C)C)c2)nc(C(CCC(C)(C)C)c2ccc(O)c(C(C)(C)C)c2)n1. The van der Waals surface area contributed by atoms with Crippen LogP contribution in [0.4, 0.5) is 0 Å². The zero-order chi connectivity index (χ0) is 45.4. The van der Waals surface area contributed by atoms with Crippen molar-refractivity contribution in [1.82, 2.24) is 15.0 Å². The van der Waals surface area contributed by atoms with Gasteiger partial charge in [0.15, 0.2) is 0 Å². The second kappa shape index (κ2) is 17.8. The zero-order valence-electron chi connectivity index (χ0n) is 40.9. The molecule has 0 aliphatic rings. The predicted octanol–water partition coefficient (Wildman–Crippen LogP) is 14.8. The van der Waals surface area contributed by atoms with Gasteiger partial charge in [0.1, 0.15) is 34.7 Å². The smallest absolute Gasteiger partial charge is 0.140 e. The molecule has 6 heteroatoms. The largest absolute Gasteiger partial charge is 0.508 e. The first-order chi connectivity index (χ1) is 27.2. The van der Waals surface area contributed by atoms with Crippen molar-refractivity contribution in [3.8, 4) is 17.2 Å². The molecule has 1 aromatic heterocycles. The molecule has 0 bridgehead atoms. The first-order valence-corrected chi connectivity index (χ1v) is 22.5. The van der Waals surface area contributed by atoms with E-state index in [0.717, 1.165) is 89.4 Å². The number of benzene rings is 3. The van der Waals surface area contributed by atoms with Gasteiger partial charge in [-0.2, -0.15) is 0 Å². The van der Waals surface area contributed by atoms with Crippen molar-refractivity contribution in [3.63, 3.8) is 0 Å². The van der Waals surface area contributed by atoms with Crippen LogP contribution < -0.4 is 0 Å². The molecule has 0 spiro atoms. The molecule has 60 heavy (non-hydrogen) atoms. The van der Waals surface area contributed by atoms with Gasteiger partial charge < -0.3 is 15.3 Å². The second-order valence-electron chi connectivity index (χ2n) is 24.4. The highest BCUT2D eigenvalue weighted by Crippen LogP contribution is 2.43. The second-order valence-corrected chi connectivity index (χ2v) is 24.4. The van der Waals surface area contributed by atoms with E-state index in [4.69, 9.17) is 15.0 Å². The Hall–Kier alpha value is -3.93. The van der Waals surface area contributed by atoms with E-state index in [0.29, 0.717) is 17.2 Å². The van der Waals surface area contributed by atoms with E-state index < -0.39 is 0 Å². The Kier molecular flexibility index (Phi) is 14.5. The molecular formula is C54H81N3O3. The molecule has 330 valence electrons. The standard InChI is InChI=1S/C54H81N3O3/c1-49(2,3)28-25-37(34-19-22-43(58)40(31-34)52(10,11)12)46-55-47(38(26-29-50(4,5)6)35-20-23-44(59)41(32-35)53(13,14)15)57-48(56-46)39(27-30-51(7,8)9)36-21-24-45(60)42(33-36)54(16,17)18/h19-24,31-33,37-39,58-60H,25-30H2,1-18H3. The number of phenols is 3. The molecule has 0 aliphatic heterocycles. The lowest BCUT2D eigenvalue weighted by Gasteiger charge is -2.29. The Morgan fingerprint density at radius 3 is 0.767 bits per heavy atom. The van der Waals surface area contributed by atoms with Gasteiger partial charge in [-0.25, -0.2) is 15.0 Å². The van der Waals surface area contributed by atoms with Gasteiger partial charge in [0.25, 0.3) is 0 Å². The first-order valence-electron chi connectivity index (χ1n) is 22.5. The molecule has 4 rings (SSSR count). The van der Waals surface area contributed by atoms with Crippen LogP contribution in [0.1, 0.15) is 232 Å². The minimum Gasteiger partial charge on any atom is -0.508 e. The van der Waals surface area contributed by atoms with Crippen LogP contribution >= 0.6 is 0 Å². The van der Waals surface area contributed by atoms with Crippen LogP contribution in [0.25, 0.3) is 0 Å². The number of nitrogens with zero attached hydrogens (tertiary/aromatic N) is 3. The topological polar surface area (TPSA) is 99.4 Å². The molecule has 3 N–H and O–H groups in total. The maximum absolute atomic E-state index is 11.1. The molecule has 3 atom stereocenters. The number of phenolic OH excluding ortho intramolecular Hbond substituents is 3. The fourth-order valence-electron chi connectivity index (χ4n) is 8.07. The summed E-state index contributed by atoms with van der Waals surface area (Å²) in [6.07, 6.45) is 5.30. The van der Waals surface area contributed by atoms with Crippen molar-refractivity contribution in [1.29, 1.82) is 0 Å². The van der Waals surface area contributed by atoms with E-state index >= 15 is 0 Å². The van der Waals surface area contributed by atoms with Gasteiger partial charge in [0, 0.05) is 17.8 Å². The van der Waals surface area contributed by atoms with E-state index in [9.17, 15) is 15.3 Å². The molecule has 6 nitrogen and oxygen atoms in total. The first kappa shape index (κ1) is 48.7. The number of aromatic nitrogens is 3. The maximum Gasteiger partial charge on any atom is 0.140 e. The van der Waals surface area contributed by atoms with E-state index in [1.807, 2.05) is 18.2 Å². The number of rotatable bonds is 12. The highest BCUT2D eigenvalue weighted by atomic mass is 16.3. The fourth-order valence-corrected chi connectivity index (χ4v) is 8.07. The molecule has 0 fully saturated rings. The summed E-state index contributed by atoms with van der Waals surface area (Å²) in [6.45, 7) is 39.8. The van der Waals surface area contributed by atoms with Gasteiger partial charge in [-0.15, -0.1) is 0 Å². The molecular weight excluding hydrogens is 739 g/mol. The van der Waals surface area contributed by atoms with Gasteiger partial charge in [0.05, 0.1) is 0 Å². The molecule has 1 heterocycles. The van der Waals surface area contributed by atoms with Crippen molar-refractivity contribution < 1.29 is 15.3 Å². The van der Waals surface area contributed by atoms with Crippen LogP contribution in [0, 0.1) is 16.2 Å². The third-order valence-corrected chi connectivity index (χ3v) is 11.9. The third kappa shape index (κ3) is 13.3. The molecule has 0 aliphatic carbocycles. The lowest BCUT2D eigenvalue weighted by Crippen LogP contribution is -2.21. The Morgan fingerprint density at radius 2 is 0.583 bits per heavy atom. The summed E-state index contributed by atoms with van der Waals surface area (Å²) in [4.78, 5) is 16.8. The van der Waals surface area contributed by atoms with Crippen molar-refractivity contribution >= 4 is 0 Å². The fraction of sp³-hybridized carbons (Fsp3) is 0.611. The highest BCUT2D eigenvalue weighted by Gasteiger charge is 2.32. The van der Waals surface area contributed by atoms with Crippen molar-refractivity contribution in [2.75, 3.05) is 0 Å². The Bertz CT molecular complexity index is 1830. The molecule has 4 aromatic rings. The zero-order valence-corrected chi connectivity index (χ0v) is 40.9. The van der Waals surface area contributed by atoms with Gasteiger partial charge in [-0.05, 0) is 123 Å². The minimum absolute atomic E-state index is 0.0655. The Morgan fingerprint density at radius 1 is 0.367 bits per heavy atom. The van der Waals surface area contributed by atoms with Crippen molar-refractivity contribution in [2.45, 2.75) is 197 Å². The predicted molar refractivity (Wildman–Crippen MR) is 252 cm³/mol. The van der Waals surface area contributed by atoms with Crippen molar-refractivity contribution in [3.05, 3.63) is 105 Å². The summed E-state index contributed by atoms with van der Waals surface area (Å²) >= 11 is 0. The normalized spacial score (nSPS) is 14.9. The van der Waals surface area contributed by atoms with Crippen molar-refractivity contribution in [2.24, 2.45) is 16.2 Å². The maximum atomic E-state index is 11.1. The molecule has 0 amide bonds. The van der Waals surface area contributed by atoms with E-state index in [1.165, 1.54) is 0 Å². The Balaban J connectivity index is 2.17. The van der Waals surface area contributed by atoms with Gasteiger partial charge in [-0.1, -0.05) is 161 Å². The van der Waals surface area contributed by atoms with Gasteiger partial charge in [-0.3, -0.25) is 0 Å². The Labute approximate surface area is 365 Å². The van der Waals surface area contributed by atoms with E-state index in [2.05, 4.69) is 161 Å². The van der Waals surface area contributed by atoms with Crippen LogP contribution in [-0.2, 0) is 16.2 Å². The summed E-state index contributed by atoms with van der Waals surface area (Å²) in [5.41, 5.74) is 5.35. The third-order valence-electron chi connectivity index (χ3n) is 11.9. The van der Waals surface area contributed by atoms with E-state index in [-0.39, 0.29) is 50.2 Å². The van der Waals surface area contributed by atoms with Gasteiger partial charge in [0.2, 0.25) is 0 Å². The number of aromatic hydroxyl groups is 3. The summed E-state index contributed by atoms with van der Waals surface area (Å²) in [5, 5.41) is 33.4. The monoisotopic (exact) mass is 820 g/mol. The number of hydrogen-bond donors (Lipinski definition) is 3. The average Bonchev–Trinajstić information content (AvgIpc) is 3.07. The minimum atomic E-state index is -0.270. The highest BCUT2D eigenvalue weighted by molar-refractivity contribution is 5.46. The lowest BCUT2D eigenvalue weighted by atomic mass is 9.79. The summed E-state index contributed by atoms with van der Waals surface area (Å²) in [7, 11) is 0. The van der Waals surface area contributed by atoms with Crippen LogP contribution in [0.2, 0.25) is 0 Å². The average molecular weight is 820 g/mol. The quantitative estimate of drug-likeness (QED) is 0.132. The van der Waals surface area contributed by atoms with Crippen LogP contribution in [0.5, 0.6) is 17.2 Å². The summed E-state index contributed by atoms with van der Waals surface area (Å²) < 4.78 is 0. The van der Waals surface area contributed by atoms with Crippen LogP contribution in [-0.4, -0.2) is 30.3 Å². The molecule has 3 aromatic carbocycles.